The highest BCUT2D eigenvalue weighted by Crippen LogP contribution is 2.17. The van der Waals surface area contributed by atoms with Crippen molar-refractivity contribution < 1.29 is 0 Å². The van der Waals surface area contributed by atoms with Crippen LogP contribution in [0, 0.1) is 0 Å². The lowest BCUT2D eigenvalue weighted by atomic mass is 10.1. The van der Waals surface area contributed by atoms with E-state index >= 15 is 0 Å². The van der Waals surface area contributed by atoms with E-state index in [1.807, 2.05) is 13.2 Å². The van der Waals surface area contributed by atoms with Gasteiger partial charge in [-0.1, -0.05) is 36.8 Å². The summed E-state index contributed by atoms with van der Waals surface area (Å²) in [6, 6.07) is 13.2. The fourth-order valence-electron chi connectivity index (χ4n) is 4.38. The molecule has 0 spiro atoms. The first kappa shape index (κ1) is 21.6. The molecular formula is C25H36N6. The maximum atomic E-state index is 4.63. The molecule has 0 radical (unpaired) electrons. The zero-order valence-corrected chi connectivity index (χ0v) is 18.8. The van der Waals surface area contributed by atoms with Gasteiger partial charge in [-0.3, -0.25) is 9.89 Å². The Morgan fingerprint density at radius 3 is 2.06 bits per heavy atom. The van der Waals surface area contributed by atoms with E-state index in [4.69, 9.17) is 0 Å². The van der Waals surface area contributed by atoms with E-state index in [1.54, 1.807) is 0 Å². The number of hydrogen-bond acceptors (Lipinski definition) is 4. The molecule has 2 aliphatic heterocycles. The Morgan fingerprint density at radius 1 is 0.806 bits per heavy atom. The third-order valence-electron chi connectivity index (χ3n) is 6.26. The Kier molecular flexibility index (Phi) is 7.77. The standard InChI is InChI=1S/C25H36N6/c1-26-25(29-19-23-11-12-24(27-18-23)31-15-5-6-16-31)28-17-21-7-9-22(10-8-21)20-30-13-3-2-4-14-30/h7-12,18H,2-6,13-17,19-20H2,1H3,(H2,26,28,29). The third-order valence-corrected chi connectivity index (χ3v) is 6.26. The van der Waals surface area contributed by atoms with Crippen LogP contribution >= 0.6 is 0 Å². The largest absolute Gasteiger partial charge is 0.357 e. The van der Waals surface area contributed by atoms with Crippen molar-refractivity contribution >= 4 is 11.8 Å². The molecule has 0 bridgehead atoms. The molecule has 1 aromatic carbocycles. The van der Waals surface area contributed by atoms with Crippen LogP contribution in [0.1, 0.15) is 48.8 Å². The minimum absolute atomic E-state index is 0.710. The highest BCUT2D eigenvalue weighted by molar-refractivity contribution is 5.79. The van der Waals surface area contributed by atoms with Crippen molar-refractivity contribution in [2.24, 2.45) is 4.99 Å². The van der Waals surface area contributed by atoms with Gasteiger partial charge in [-0.15, -0.1) is 0 Å². The van der Waals surface area contributed by atoms with E-state index in [9.17, 15) is 0 Å². The first-order valence-electron chi connectivity index (χ1n) is 11.7. The zero-order valence-electron chi connectivity index (χ0n) is 18.8. The highest BCUT2D eigenvalue weighted by Gasteiger charge is 2.13. The summed E-state index contributed by atoms with van der Waals surface area (Å²) in [5.41, 5.74) is 3.83. The highest BCUT2D eigenvalue weighted by atomic mass is 15.2. The predicted octanol–water partition coefficient (Wildman–Crippen LogP) is 3.53. The van der Waals surface area contributed by atoms with Crippen LogP contribution in [0.2, 0.25) is 0 Å². The first-order chi connectivity index (χ1) is 15.3. The maximum absolute atomic E-state index is 4.63. The average molecular weight is 421 g/mol. The Morgan fingerprint density at radius 2 is 1.42 bits per heavy atom. The van der Waals surface area contributed by atoms with E-state index in [0.717, 1.165) is 43.5 Å². The molecule has 166 valence electrons. The SMILES string of the molecule is CN=C(NCc1ccc(CN2CCCCC2)cc1)NCc1ccc(N2CCCC2)nc1. The molecule has 4 rings (SSSR count). The van der Waals surface area contributed by atoms with Crippen molar-refractivity contribution in [3.8, 4) is 0 Å². The summed E-state index contributed by atoms with van der Waals surface area (Å²) in [5, 5.41) is 6.80. The molecule has 6 nitrogen and oxygen atoms in total. The Hall–Kier alpha value is -2.60. The lowest BCUT2D eigenvalue weighted by Crippen LogP contribution is -2.36. The smallest absolute Gasteiger partial charge is 0.191 e. The van der Waals surface area contributed by atoms with Gasteiger partial charge in [0.25, 0.3) is 0 Å². The third kappa shape index (κ3) is 6.44. The quantitative estimate of drug-likeness (QED) is 0.530. The second-order valence-electron chi connectivity index (χ2n) is 8.65. The molecule has 2 saturated heterocycles. The maximum Gasteiger partial charge on any atom is 0.191 e. The topological polar surface area (TPSA) is 55.8 Å². The minimum atomic E-state index is 0.710. The average Bonchev–Trinajstić information content (AvgIpc) is 3.36. The van der Waals surface area contributed by atoms with Crippen molar-refractivity contribution in [2.75, 3.05) is 38.1 Å². The Bertz CT molecular complexity index is 818. The number of pyridine rings is 1. The van der Waals surface area contributed by atoms with Gasteiger partial charge in [0.1, 0.15) is 5.82 Å². The second-order valence-corrected chi connectivity index (χ2v) is 8.65. The van der Waals surface area contributed by atoms with Gasteiger partial charge in [0, 0.05) is 46.0 Å². The summed E-state index contributed by atoms with van der Waals surface area (Å²) in [5.74, 6) is 1.90. The molecule has 0 saturated carbocycles. The lowest BCUT2D eigenvalue weighted by molar-refractivity contribution is 0.221. The van der Waals surface area contributed by atoms with Crippen LogP contribution in [0.5, 0.6) is 0 Å². The van der Waals surface area contributed by atoms with Crippen LogP contribution in [-0.2, 0) is 19.6 Å². The molecule has 1 aromatic heterocycles. The van der Waals surface area contributed by atoms with Crippen molar-refractivity contribution in [3.63, 3.8) is 0 Å². The van der Waals surface area contributed by atoms with E-state index in [-0.39, 0.29) is 0 Å². The van der Waals surface area contributed by atoms with E-state index in [0.29, 0.717) is 6.54 Å². The molecule has 0 aliphatic carbocycles. The molecule has 6 heteroatoms. The molecule has 31 heavy (non-hydrogen) atoms. The summed E-state index contributed by atoms with van der Waals surface area (Å²) >= 11 is 0. The van der Waals surface area contributed by atoms with Gasteiger partial charge in [0.15, 0.2) is 5.96 Å². The number of aliphatic imine (C=N–C) groups is 1. The van der Waals surface area contributed by atoms with Crippen molar-refractivity contribution in [1.82, 2.24) is 20.5 Å². The van der Waals surface area contributed by atoms with Gasteiger partial charge in [-0.2, -0.15) is 0 Å². The van der Waals surface area contributed by atoms with Gasteiger partial charge in [-0.25, -0.2) is 4.98 Å². The van der Waals surface area contributed by atoms with Crippen LogP contribution in [0.4, 0.5) is 5.82 Å². The fraction of sp³-hybridized carbons (Fsp3) is 0.520. The fourth-order valence-corrected chi connectivity index (χ4v) is 4.38. The van der Waals surface area contributed by atoms with Crippen LogP contribution in [0.25, 0.3) is 0 Å². The van der Waals surface area contributed by atoms with Crippen LogP contribution in [0.15, 0.2) is 47.6 Å². The molecular weight excluding hydrogens is 384 g/mol. The summed E-state index contributed by atoms with van der Waals surface area (Å²) in [7, 11) is 1.81. The monoisotopic (exact) mass is 420 g/mol. The van der Waals surface area contributed by atoms with Crippen molar-refractivity contribution in [2.45, 2.75) is 51.7 Å². The Labute approximate surface area is 186 Å². The summed E-state index contributed by atoms with van der Waals surface area (Å²) in [6.45, 7) is 7.27. The number of nitrogens with zero attached hydrogens (tertiary/aromatic N) is 4. The van der Waals surface area contributed by atoms with Gasteiger partial charge >= 0.3 is 0 Å². The number of nitrogens with one attached hydrogen (secondary N) is 2. The van der Waals surface area contributed by atoms with Crippen LogP contribution < -0.4 is 15.5 Å². The number of likely N-dealkylation sites (tertiary alicyclic amines) is 1. The van der Waals surface area contributed by atoms with Gasteiger partial charge in [0.2, 0.25) is 0 Å². The molecule has 2 aromatic rings. The number of rotatable bonds is 7. The minimum Gasteiger partial charge on any atom is -0.357 e. The molecule has 2 aliphatic rings. The molecule has 2 fully saturated rings. The van der Waals surface area contributed by atoms with Crippen molar-refractivity contribution in [1.29, 1.82) is 0 Å². The number of benzene rings is 1. The van der Waals surface area contributed by atoms with E-state index in [2.05, 4.69) is 66.8 Å². The van der Waals surface area contributed by atoms with Crippen molar-refractivity contribution in [3.05, 3.63) is 59.3 Å². The predicted molar refractivity (Wildman–Crippen MR) is 128 cm³/mol. The molecule has 0 amide bonds. The van der Waals surface area contributed by atoms with Gasteiger partial charge < -0.3 is 15.5 Å². The molecule has 2 N–H and O–H groups in total. The molecule has 0 atom stereocenters. The summed E-state index contributed by atoms with van der Waals surface area (Å²) in [4.78, 5) is 13.9. The lowest BCUT2D eigenvalue weighted by Gasteiger charge is -2.26. The second kappa shape index (κ2) is 11.1. The molecule has 3 heterocycles. The number of hydrogen-bond donors (Lipinski definition) is 2. The van der Waals surface area contributed by atoms with Gasteiger partial charge in [-0.05, 0) is 61.5 Å². The van der Waals surface area contributed by atoms with Crippen LogP contribution in [-0.4, -0.2) is 49.1 Å². The number of aromatic nitrogens is 1. The zero-order chi connectivity index (χ0) is 21.3. The first-order valence-corrected chi connectivity index (χ1v) is 11.7. The van der Waals surface area contributed by atoms with E-state index in [1.165, 1.54) is 56.3 Å². The molecule has 0 unspecified atom stereocenters. The number of guanidine groups is 1. The number of piperidine rings is 1. The van der Waals surface area contributed by atoms with Crippen LogP contribution in [0.3, 0.4) is 0 Å². The van der Waals surface area contributed by atoms with E-state index < -0.39 is 0 Å². The number of anilines is 1. The summed E-state index contributed by atoms with van der Waals surface area (Å²) < 4.78 is 0. The normalized spacial score (nSPS) is 17.7. The van der Waals surface area contributed by atoms with Gasteiger partial charge in [0.05, 0.1) is 0 Å². The summed E-state index contributed by atoms with van der Waals surface area (Å²) in [6.07, 6.45) is 8.58. The Balaban J connectivity index is 1.21.